The minimum absolute atomic E-state index is 0.169. The van der Waals surface area contributed by atoms with Crippen LogP contribution in [0.15, 0.2) is 18.2 Å². The van der Waals surface area contributed by atoms with Gasteiger partial charge in [0.25, 0.3) is 5.69 Å². The Morgan fingerprint density at radius 1 is 1.48 bits per heavy atom. The number of nitrogens with two attached hydrogens (primary N) is 1. The summed E-state index contributed by atoms with van der Waals surface area (Å²) in [5, 5.41) is 25.1. The first-order chi connectivity index (χ1) is 12.8. The topological polar surface area (TPSA) is 168 Å². The number of nitrogens with zero attached hydrogens (tertiary/aromatic N) is 2. The lowest BCUT2D eigenvalue weighted by molar-refractivity contribution is -0.384. The Labute approximate surface area is 154 Å². The van der Waals surface area contributed by atoms with Crippen molar-refractivity contribution in [3.05, 3.63) is 33.9 Å². The van der Waals surface area contributed by atoms with Gasteiger partial charge < -0.3 is 21.5 Å². The highest BCUT2D eigenvalue weighted by Gasteiger charge is 2.33. The molecule has 0 bridgehead atoms. The van der Waals surface area contributed by atoms with Gasteiger partial charge >= 0.3 is 6.03 Å². The number of hydrogen-bond donors (Lipinski definition) is 4. The smallest absolute Gasteiger partial charge is 0.322 e. The molecule has 1 aromatic rings. The van der Waals surface area contributed by atoms with Crippen molar-refractivity contribution >= 4 is 29.2 Å². The van der Waals surface area contributed by atoms with Gasteiger partial charge in [0.1, 0.15) is 6.04 Å². The third kappa shape index (κ3) is 4.50. The van der Waals surface area contributed by atoms with Crippen LogP contribution in [0.2, 0.25) is 0 Å². The summed E-state index contributed by atoms with van der Waals surface area (Å²) in [5.41, 5.74) is 5.80. The van der Waals surface area contributed by atoms with Gasteiger partial charge in [-0.15, -0.1) is 0 Å². The minimum Gasteiger partial charge on any atom is -0.394 e. The van der Waals surface area contributed by atoms with Crippen molar-refractivity contribution in [1.29, 1.82) is 0 Å². The Morgan fingerprint density at radius 2 is 2.19 bits per heavy atom. The Morgan fingerprint density at radius 3 is 2.74 bits per heavy atom. The predicted octanol–water partition coefficient (Wildman–Crippen LogP) is -0.0720. The maximum absolute atomic E-state index is 12.4. The van der Waals surface area contributed by atoms with E-state index in [0.717, 1.165) is 0 Å². The monoisotopic (exact) mass is 379 g/mol. The average molecular weight is 379 g/mol. The van der Waals surface area contributed by atoms with E-state index in [1.807, 2.05) is 6.92 Å². The van der Waals surface area contributed by atoms with Crippen molar-refractivity contribution < 1.29 is 24.4 Å². The summed E-state index contributed by atoms with van der Waals surface area (Å²) in [6, 6.07) is 1.58. The molecule has 0 aliphatic carbocycles. The molecule has 0 aromatic heterocycles. The summed E-state index contributed by atoms with van der Waals surface area (Å²) in [4.78, 5) is 47.7. The number of urea groups is 1. The summed E-state index contributed by atoms with van der Waals surface area (Å²) < 4.78 is 0. The number of hydrogen-bond acceptors (Lipinski definition) is 6. The maximum Gasteiger partial charge on any atom is 0.322 e. The highest BCUT2D eigenvalue weighted by atomic mass is 16.6. The number of benzene rings is 1. The van der Waals surface area contributed by atoms with Crippen molar-refractivity contribution in [3.8, 4) is 0 Å². The van der Waals surface area contributed by atoms with Gasteiger partial charge in [-0.2, -0.15) is 0 Å². The van der Waals surface area contributed by atoms with Crippen molar-refractivity contribution in [2.24, 2.45) is 5.73 Å². The molecule has 5 N–H and O–H groups in total. The number of fused-ring (bicyclic) bond motifs is 1. The van der Waals surface area contributed by atoms with Gasteiger partial charge in [-0.25, -0.2) is 4.79 Å². The molecule has 2 unspecified atom stereocenters. The van der Waals surface area contributed by atoms with Crippen LogP contribution in [0.3, 0.4) is 0 Å². The number of nitro benzene ring substituents is 1. The average Bonchev–Trinajstić information content (AvgIpc) is 2.62. The molecule has 2 rings (SSSR count). The lowest BCUT2D eigenvalue weighted by atomic mass is 9.97. The molecule has 1 aromatic carbocycles. The van der Waals surface area contributed by atoms with E-state index in [1.165, 1.54) is 23.1 Å². The zero-order chi connectivity index (χ0) is 20.1. The van der Waals surface area contributed by atoms with E-state index in [2.05, 4.69) is 10.6 Å². The lowest BCUT2D eigenvalue weighted by Crippen LogP contribution is -2.50. The second-order valence-corrected chi connectivity index (χ2v) is 6.06. The van der Waals surface area contributed by atoms with E-state index in [0.29, 0.717) is 24.2 Å². The second kappa shape index (κ2) is 8.45. The second-order valence-electron chi connectivity index (χ2n) is 6.06. The third-order valence-electron chi connectivity index (χ3n) is 4.13. The SMILES string of the molecule is CCCN1C(=O)NC(CC(=O)NC(CO)C(N)=O)c2cc([N+](=O)[O-])ccc21. The van der Waals surface area contributed by atoms with Crippen LogP contribution >= 0.6 is 0 Å². The molecule has 0 radical (unpaired) electrons. The van der Waals surface area contributed by atoms with Crippen molar-refractivity contribution in [2.45, 2.75) is 31.8 Å². The Kier molecular flexibility index (Phi) is 6.29. The molecule has 0 spiro atoms. The van der Waals surface area contributed by atoms with Gasteiger partial charge in [-0.3, -0.25) is 24.6 Å². The van der Waals surface area contributed by atoms with E-state index in [4.69, 9.17) is 10.8 Å². The van der Waals surface area contributed by atoms with Crippen molar-refractivity contribution in [3.63, 3.8) is 0 Å². The first kappa shape index (κ1) is 20.1. The summed E-state index contributed by atoms with van der Waals surface area (Å²) in [5.74, 6) is -1.54. The van der Waals surface area contributed by atoms with Gasteiger partial charge in [0.2, 0.25) is 11.8 Å². The minimum atomic E-state index is -1.25. The van der Waals surface area contributed by atoms with E-state index in [1.54, 1.807) is 0 Å². The predicted molar refractivity (Wildman–Crippen MR) is 94.8 cm³/mol. The van der Waals surface area contributed by atoms with E-state index in [-0.39, 0.29) is 12.1 Å². The van der Waals surface area contributed by atoms with Crippen LogP contribution in [0.1, 0.15) is 31.4 Å². The van der Waals surface area contributed by atoms with Crippen LogP contribution in [0.4, 0.5) is 16.2 Å². The fourth-order valence-electron chi connectivity index (χ4n) is 2.85. The summed E-state index contributed by atoms with van der Waals surface area (Å²) in [6.07, 6.45) is 0.398. The molecule has 1 aliphatic heterocycles. The van der Waals surface area contributed by atoms with Gasteiger partial charge in [-0.05, 0) is 12.5 Å². The number of aliphatic hydroxyl groups excluding tert-OH is 1. The standard InChI is InChI=1S/C16H21N5O6/c1-2-5-20-13-4-3-9(21(26)27)6-10(13)11(19-16(20)25)7-14(23)18-12(8-22)15(17)24/h3-4,6,11-12,22H,2,5,7-8H2,1H3,(H2,17,24)(H,18,23)(H,19,25). The molecule has 1 heterocycles. The fraction of sp³-hybridized carbons (Fsp3) is 0.438. The van der Waals surface area contributed by atoms with E-state index < -0.39 is 41.5 Å². The number of nitrogens with one attached hydrogen (secondary N) is 2. The number of nitro groups is 1. The van der Waals surface area contributed by atoms with E-state index in [9.17, 15) is 24.5 Å². The number of anilines is 1. The van der Waals surface area contributed by atoms with Crippen LogP contribution in [-0.2, 0) is 9.59 Å². The number of non-ortho nitro benzene ring substituents is 1. The molecule has 1 aliphatic rings. The quantitative estimate of drug-likeness (QED) is 0.364. The molecule has 11 heteroatoms. The van der Waals surface area contributed by atoms with Crippen LogP contribution < -0.4 is 21.3 Å². The zero-order valence-corrected chi connectivity index (χ0v) is 14.7. The molecule has 2 atom stereocenters. The van der Waals surface area contributed by atoms with Gasteiger partial charge in [0, 0.05) is 24.2 Å². The summed E-state index contributed by atoms with van der Waals surface area (Å²) in [7, 11) is 0. The highest BCUT2D eigenvalue weighted by Crippen LogP contribution is 2.35. The Balaban J connectivity index is 2.31. The molecule has 146 valence electrons. The number of primary amides is 1. The van der Waals surface area contributed by atoms with Gasteiger partial charge in [0.05, 0.1) is 29.7 Å². The largest absolute Gasteiger partial charge is 0.394 e. The zero-order valence-electron chi connectivity index (χ0n) is 14.7. The first-order valence-electron chi connectivity index (χ1n) is 8.34. The van der Waals surface area contributed by atoms with Crippen LogP contribution in [0.5, 0.6) is 0 Å². The molecule has 27 heavy (non-hydrogen) atoms. The number of aliphatic hydroxyl groups is 1. The molecule has 0 saturated carbocycles. The molecule has 4 amide bonds. The highest BCUT2D eigenvalue weighted by molar-refractivity contribution is 5.96. The molecular weight excluding hydrogens is 358 g/mol. The normalized spacial score (nSPS) is 16.9. The lowest BCUT2D eigenvalue weighted by Gasteiger charge is -2.34. The van der Waals surface area contributed by atoms with E-state index >= 15 is 0 Å². The van der Waals surface area contributed by atoms with Crippen LogP contribution in [0, 0.1) is 10.1 Å². The third-order valence-corrected chi connectivity index (χ3v) is 4.13. The maximum atomic E-state index is 12.4. The molecule has 11 nitrogen and oxygen atoms in total. The number of carbonyl (C=O) groups is 3. The molecule has 0 fully saturated rings. The number of rotatable bonds is 8. The molecule has 0 saturated heterocycles. The van der Waals surface area contributed by atoms with Crippen LogP contribution in [-0.4, -0.2) is 47.1 Å². The van der Waals surface area contributed by atoms with Gasteiger partial charge in [0.15, 0.2) is 0 Å². The van der Waals surface area contributed by atoms with Gasteiger partial charge in [-0.1, -0.05) is 6.92 Å². The Bertz CT molecular complexity index is 768. The first-order valence-corrected chi connectivity index (χ1v) is 8.34. The summed E-state index contributed by atoms with van der Waals surface area (Å²) >= 11 is 0. The summed E-state index contributed by atoms with van der Waals surface area (Å²) in [6.45, 7) is 1.63. The number of carbonyl (C=O) groups excluding carboxylic acids is 3. The van der Waals surface area contributed by atoms with Crippen molar-refractivity contribution in [1.82, 2.24) is 10.6 Å². The number of amides is 4. The Hall–Kier alpha value is -3.21. The van der Waals surface area contributed by atoms with Crippen molar-refractivity contribution in [2.75, 3.05) is 18.1 Å². The van der Waals surface area contributed by atoms with Crippen LogP contribution in [0.25, 0.3) is 0 Å². The molecular formula is C16H21N5O6. The fourth-order valence-corrected chi connectivity index (χ4v) is 2.85.